The summed E-state index contributed by atoms with van der Waals surface area (Å²) in [6.45, 7) is -0.0804. The summed E-state index contributed by atoms with van der Waals surface area (Å²) < 4.78 is 24.0. The van der Waals surface area contributed by atoms with Crippen LogP contribution in [0.1, 0.15) is 0 Å². The summed E-state index contributed by atoms with van der Waals surface area (Å²) in [4.78, 5) is 10.9. The number of H-pyrrole nitrogens is 1. The fourth-order valence-corrected chi connectivity index (χ4v) is 2.27. The minimum Gasteiger partial charge on any atom is -0.389 e. The van der Waals surface area contributed by atoms with Gasteiger partial charge in [-0.1, -0.05) is 4.47 Å². The Bertz CT molecular complexity index is 401. The highest BCUT2D eigenvalue weighted by molar-refractivity contribution is 7.88. The van der Waals surface area contributed by atoms with Crippen molar-refractivity contribution in [3.63, 3.8) is 0 Å². The molecule has 1 aromatic rings. The highest BCUT2D eigenvalue weighted by Gasteiger charge is 2.34. The molecular formula is C6H9N3O4S. The molecule has 2 rings (SSSR count). The number of aliphatic hydroxyl groups excluding tert-OH is 1. The lowest BCUT2D eigenvalue weighted by Crippen LogP contribution is -2.29. The predicted molar refractivity (Wildman–Crippen MR) is 44.4 cm³/mol. The average Bonchev–Trinajstić information content (AvgIpc) is 2.72. The Kier molecular flexibility index (Phi) is 2.27. The van der Waals surface area contributed by atoms with Gasteiger partial charge >= 0.3 is 0 Å². The molecule has 7 nitrogen and oxygen atoms in total. The second kappa shape index (κ2) is 3.31. The lowest BCUT2D eigenvalue weighted by atomic mass is 10.4. The second-order valence-corrected chi connectivity index (χ2v) is 4.58. The Hall–Kier alpha value is -0.960. The third kappa shape index (κ3) is 1.52. The molecule has 8 heteroatoms. The van der Waals surface area contributed by atoms with Gasteiger partial charge in [0.2, 0.25) is 5.16 Å². The van der Waals surface area contributed by atoms with Crippen LogP contribution in [0.25, 0.3) is 0 Å². The molecule has 1 saturated heterocycles. The number of hydrogen-bond donors (Lipinski definition) is 2. The lowest BCUT2D eigenvalue weighted by Gasteiger charge is -2.11. The number of imidazole rings is 1. The van der Waals surface area contributed by atoms with Crippen molar-refractivity contribution in [3.05, 3.63) is 12.4 Å². The summed E-state index contributed by atoms with van der Waals surface area (Å²) in [6, 6.07) is 0. The Labute approximate surface area is 80.3 Å². The van der Waals surface area contributed by atoms with Gasteiger partial charge in [0.15, 0.2) is 0 Å². The van der Waals surface area contributed by atoms with E-state index in [0.29, 0.717) is 0 Å². The number of hydrogen-bond acceptors (Lipinski definition) is 5. The molecule has 0 aromatic carbocycles. The van der Waals surface area contributed by atoms with Gasteiger partial charge in [-0.15, -0.1) is 0 Å². The summed E-state index contributed by atoms with van der Waals surface area (Å²) in [6.07, 6.45) is 1.96. The SMILES string of the molecule is O=S(=O)(c1ncc[nH]1)N1C[C@H](O)CO1. The van der Waals surface area contributed by atoms with Crippen LogP contribution in [-0.2, 0) is 14.9 Å². The molecule has 1 aromatic heterocycles. The molecule has 0 saturated carbocycles. The van der Waals surface area contributed by atoms with Crippen molar-refractivity contribution in [1.29, 1.82) is 0 Å². The number of aromatic amines is 1. The largest absolute Gasteiger partial charge is 0.389 e. The molecule has 78 valence electrons. The average molecular weight is 219 g/mol. The molecule has 2 heterocycles. The number of β-amino-alcohol motifs (C(OH)–C–C–N with tert-alkyl or cyclic N) is 1. The van der Waals surface area contributed by atoms with Crippen molar-refractivity contribution in [2.75, 3.05) is 13.2 Å². The Balaban J connectivity index is 2.26. The smallest absolute Gasteiger partial charge is 0.298 e. The van der Waals surface area contributed by atoms with Gasteiger partial charge in [-0.2, -0.15) is 0 Å². The molecular weight excluding hydrogens is 210 g/mol. The van der Waals surface area contributed by atoms with Crippen LogP contribution >= 0.6 is 0 Å². The zero-order valence-electron chi connectivity index (χ0n) is 7.12. The topological polar surface area (TPSA) is 95.5 Å². The molecule has 2 N–H and O–H groups in total. The summed E-state index contributed by atoms with van der Waals surface area (Å²) >= 11 is 0. The van der Waals surface area contributed by atoms with Crippen LogP contribution in [0.4, 0.5) is 0 Å². The molecule has 1 aliphatic rings. The first-order chi connectivity index (χ1) is 6.60. The van der Waals surface area contributed by atoms with E-state index in [1.165, 1.54) is 12.4 Å². The van der Waals surface area contributed by atoms with Crippen LogP contribution < -0.4 is 0 Å². The predicted octanol–water partition coefficient (Wildman–Crippen LogP) is -1.29. The van der Waals surface area contributed by atoms with Gasteiger partial charge in [-0.3, -0.25) is 4.84 Å². The Morgan fingerprint density at radius 3 is 3.00 bits per heavy atom. The van der Waals surface area contributed by atoms with E-state index < -0.39 is 16.1 Å². The number of rotatable bonds is 2. The number of nitrogens with one attached hydrogen (secondary N) is 1. The van der Waals surface area contributed by atoms with E-state index in [9.17, 15) is 8.42 Å². The number of aromatic nitrogens is 2. The number of nitrogens with zero attached hydrogens (tertiary/aromatic N) is 2. The summed E-state index contributed by atoms with van der Waals surface area (Å²) in [5.41, 5.74) is 0. The molecule has 0 unspecified atom stereocenters. The van der Waals surface area contributed by atoms with Crippen molar-refractivity contribution < 1.29 is 18.4 Å². The first-order valence-electron chi connectivity index (χ1n) is 3.94. The minimum absolute atomic E-state index is 0.0139. The summed E-state index contributed by atoms with van der Waals surface area (Å²) in [5, 5.41) is 8.91. The van der Waals surface area contributed by atoms with Crippen LogP contribution in [0.2, 0.25) is 0 Å². The maximum Gasteiger partial charge on any atom is 0.298 e. The van der Waals surface area contributed by atoms with E-state index in [0.717, 1.165) is 4.47 Å². The van der Waals surface area contributed by atoms with E-state index in [2.05, 4.69) is 9.97 Å². The van der Waals surface area contributed by atoms with E-state index in [-0.39, 0.29) is 18.3 Å². The molecule has 1 fully saturated rings. The van der Waals surface area contributed by atoms with Crippen LogP contribution in [0.5, 0.6) is 0 Å². The first kappa shape index (κ1) is 9.59. The monoisotopic (exact) mass is 219 g/mol. The number of sulfonamides is 1. The highest BCUT2D eigenvalue weighted by atomic mass is 32.2. The molecule has 0 amide bonds. The van der Waals surface area contributed by atoms with Crippen molar-refractivity contribution in [2.45, 2.75) is 11.3 Å². The van der Waals surface area contributed by atoms with Gasteiger partial charge in [0.1, 0.15) is 0 Å². The van der Waals surface area contributed by atoms with Gasteiger partial charge in [0.05, 0.1) is 19.3 Å². The van der Waals surface area contributed by atoms with E-state index in [1.54, 1.807) is 0 Å². The van der Waals surface area contributed by atoms with Crippen molar-refractivity contribution >= 4 is 10.0 Å². The minimum atomic E-state index is -3.74. The quantitative estimate of drug-likeness (QED) is 0.645. The summed E-state index contributed by atoms with van der Waals surface area (Å²) in [7, 11) is -3.74. The van der Waals surface area contributed by atoms with Crippen LogP contribution in [0, 0.1) is 0 Å². The normalized spacial score (nSPS) is 24.2. The molecule has 1 atom stereocenters. The fraction of sp³-hybridized carbons (Fsp3) is 0.500. The maximum atomic E-state index is 11.6. The second-order valence-electron chi connectivity index (χ2n) is 2.83. The first-order valence-corrected chi connectivity index (χ1v) is 5.38. The van der Waals surface area contributed by atoms with Crippen LogP contribution in [0.3, 0.4) is 0 Å². The molecule has 14 heavy (non-hydrogen) atoms. The molecule has 1 aliphatic heterocycles. The van der Waals surface area contributed by atoms with E-state index in [4.69, 9.17) is 9.94 Å². The zero-order chi connectivity index (χ0) is 10.2. The van der Waals surface area contributed by atoms with Crippen molar-refractivity contribution in [1.82, 2.24) is 14.4 Å². The van der Waals surface area contributed by atoms with Crippen LogP contribution in [0.15, 0.2) is 17.6 Å². The van der Waals surface area contributed by atoms with Gasteiger partial charge in [-0.25, -0.2) is 13.4 Å². The standard InChI is InChI=1S/C6H9N3O4S/c10-5-3-9(13-4-5)14(11,12)6-7-1-2-8-6/h1-2,5,10H,3-4H2,(H,7,8)/t5-/m0/s1. The van der Waals surface area contributed by atoms with Gasteiger partial charge in [0, 0.05) is 12.4 Å². The Morgan fingerprint density at radius 1 is 1.71 bits per heavy atom. The fourth-order valence-electron chi connectivity index (χ4n) is 1.10. The third-order valence-corrected chi connectivity index (χ3v) is 3.26. The molecule has 0 radical (unpaired) electrons. The Morgan fingerprint density at radius 2 is 2.50 bits per heavy atom. The van der Waals surface area contributed by atoms with E-state index >= 15 is 0 Å². The van der Waals surface area contributed by atoms with E-state index in [1.807, 2.05) is 0 Å². The van der Waals surface area contributed by atoms with Crippen molar-refractivity contribution in [3.8, 4) is 0 Å². The highest BCUT2D eigenvalue weighted by Crippen LogP contribution is 2.16. The molecule has 0 bridgehead atoms. The number of hydroxylamine groups is 1. The lowest BCUT2D eigenvalue weighted by molar-refractivity contribution is -0.0320. The summed E-state index contributed by atoms with van der Waals surface area (Å²) in [5.74, 6) is 0. The van der Waals surface area contributed by atoms with Crippen LogP contribution in [-0.4, -0.2) is 47.2 Å². The number of aliphatic hydroxyl groups is 1. The molecule has 0 aliphatic carbocycles. The van der Waals surface area contributed by atoms with Gasteiger partial charge in [-0.05, 0) is 0 Å². The van der Waals surface area contributed by atoms with Gasteiger partial charge < -0.3 is 10.1 Å². The zero-order valence-corrected chi connectivity index (χ0v) is 7.94. The van der Waals surface area contributed by atoms with Crippen molar-refractivity contribution in [2.24, 2.45) is 0 Å². The van der Waals surface area contributed by atoms with Gasteiger partial charge in [0.25, 0.3) is 10.0 Å². The third-order valence-electron chi connectivity index (χ3n) is 1.76. The maximum absolute atomic E-state index is 11.6. The molecule has 0 spiro atoms.